The van der Waals surface area contributed by atoms with Gasteiger partial charge in [0.05, 0.1) is 23.2 Å². The summed E-state index contributed by atoms with van der Waals surface area (Å²) >= 11 is 3.32. The van der Waals surface area contributed by atoms with E-state index in [1.807, 2.05) is 20.8 Å². The van der Waals surface area contributed by atoms with Crippen LogP contribution in [0.15, 0.2) is 16.6 Å². The summed E-state index contributed by atoms with van der Waals surface area (Å²) in [5, 5.41) is 8.99. The Morgan fingerprint density at radius 1 is 1.39 bits per heavy atom. The summed E-state index contributed by atoms with van der Waals surface area (Å²) in [5.74, 6) is 0.387. The van der Waals surface area contributed by atoms with E-state index in [-0.39, 0.29) is 5.56 Å². The molecule has 1 aromatic rings. The molecular formula is C13H17BrO4. The molecule has 0 bridgehead atoms. The Balaban J connectivity index is 3.09. The Labute approximate surface area is 115 Å². The third kappa shape index (κ3) is 3.91. The van der Waals surface area contributed by atoms with Gasteiger partial charge in [-0.05, 0) is 40.9 Å². The monoisotopic (exact) mass is 316 g/mol. The van der Waals surface area contributed by atoms with Crippen molar-refractivity contribution in [3.05, 3.63) is 22.2 Å². The Hall–Kier alpha value is -1.23. The highest BCUT2D eigenvalue weighted by atomic mass is 79.9. The van der Waals surface area contributed by atoms with Gasteiger partial charge < -0.3 is 14.6 Å². The van der Waals surface area contributed by atoms with Gasteiger partial charge in [0.25, 0.3) is 0 Å². The van der Waals surface area contributed by atoms with Gasteiger partial charge in [-0.25, -0.2) is 4.79 Å². The molecule has 0 spiro atoms. The van der Waals surface area contributed by atoms with Crippen LogP contribution in [-0.2, 0) is 0 Å². The number of rotatable bonds is 6. The lowest BCUT2D eigenvalue weighted by molar-refractivity contribution is 0.0696. The summed E-state index contributed by atoms with van der Waals surface area (Å²) < 4.78 is 11.7. The van der Waals surface area contributed by atoms with Crippen molar-refractivity contribution in [1.29, 1.82) is 0 Å². The minimum atomic E-state index is -0.993. The van der Waals surface area contributed by atoms with Crippen molar-refractivity contribution >= 4 is 21.9 Å². The molecule has 4 nitrogen and oxygen atoms in total. The lowest BCUT2D eigenvalue weighted by atomic mass is 10.2. The summed E-state index contributed by atoms with van der Waals surface area (Å²) in [6.07, 6.45) is 0. The molecule has 0 radical (unpaired) electrons. The second-order valence-electron chi connectivity index (χ2n) is 4.23. The smallest absolute Gasteiger partial charge is 0.335 e. The van der Waals surface area contributed by atoms with Crippen molar-refractivity contribution < 1.29 is 19.4 Å². The molecule has 0 unspecified atom stereocenters. The number of carboxylic acids is 1. The number of benzene rings is 1. The molecule has 0 atom stereocenters. The van der Waals surface area contributed by atoms with E-state index in [4.69, 9.17) is 14.6 Å². The number of halogens is 1. The van der Waals surface area contributed by atoms with E-state index in [0.29, 0.717) is 35.1 Å². The number of ether oxygens (including phenoxy) is 2. The molecule has 0 aliphatic carbocycles. The first-order valence-electron chi connectivity index (χ1n) is 5.78. The Morgan fingerprint density at radius 2 is 2.06 bits per heavy atom. The van der Waals surface area contributed by atoms with Crippen LogP contribution in [-0.4, -0.2) is 24.3 Å². The maximum atomic E-state index is 11.0. The number of hydrogen-bond acceptors (Lipinski definition) is 3. The molecular weight excluding hydrogens is 300 g/mol. The molecule has 5 heteroatoms. The quantitative estimate of drug-likeness (QED) is 0.871. The summed E-state index contributed by atoms with van der Waals surface area (Å²) in [6, 6.07) is 2.99. The van der Waals surface area contributed by atoms with E-state index in [1.54, 1.807) is 0 Å². The van der Waals surface area contributed by atoms with E-state index >= 15 is 0 Å². The SMILES string of the molecule is CCOc1cc(C(=O)O)cc(Br)c1OCC(C)C. The van der Waals surface area contributed by atoms with Crippen LogP contribution in [0.1, 0.15) is 31.1 Å². The average molecular weight is 317 g/mol. The van der Waals surface area contributed by atoms with Gasteiger partial charge >= 0.3 is 5.97 Å². The van der Waals surface area contributed by atoms with Gasteiger partial charge in [-0.3, -0.25) is 0 Å². The fraction of sp³-hybridized carbons (Fsp3) is 0.462. The lowest BCUT2D eigenvalue weighted by Gasteiger charge is -2.15. The molecule has 0 aliphatic heterocycles. The highest BCUT2D eigenvalue weighted by Gasteiger charge is 2.15. The maximum Gasteiger partial charge on any atom is 0.335 e. The highest BCUT2D eigenvalue weighted by molar-refractivity contribution is 9.10. The third-order valence-corrected chi connectivity index (χ3v) is 2.71. The summed E-state index contributed by atoms with van der Waals surface area (Å²) in [5.41, 5.74) is 0.169. The largest absolute Gasteiger partial charge is 0.490 e. The van der Waals surface area contributed by atoms with Gasteiger partial charge in [0.1, 0.15) is 0 Å². The van der Waals surface area contributed by atoms with Crippen molar-refractivity contribution in [2.75, 3.05) is 13.2 Å². The van der Waals surface area contributed by atoms with Crippen LogP contribution in [0.2, 0.25) is 0 Å². The fourth-order valence-corrected chi connectivity index (χ4v) is 1.90. The minimum Gasteiger partial charge on any atom is -0.490 e. The van der Waals surface area contributed by atoms with Crippen molar-refractivity contribution in [2.24, 2.45) is 5.92 Å². The lowest BCUT2D eigenvalue weighted by Crippen LogP contribution is -2.08. The standard InChI is InChI=1S/C13H17BrO4/c1-4-17-11-6-9(13(15)16)5-10(14)12(11)18-7-8(2)3/h5-6,8H,4,7H2,1-3H3,(H,15,16). The van der Waals surface area contributed by atoms with Gasteiger partial charge in [0.15, 0.2) is 11.5 Å². The predicted molar refractivity (Wildman–Crippen MR) is 72.6 cm³/mol. The molecule has 18 heavy (non-hydrogen) atoms. The van der Waals surface area contributed by atoms with E-state index in [1.165, 1.54) is 12.1 Å². The molecule has 0 saturated heterocycles. The number of carbonyl (C=O) groups is 1. The Morgan fingerprint density at radius 3 is 2.56 bits per heavy atom. The molecule has 0 saturated carbocycles. The molecule has 0 aromatic heterocycles. The van der Waals surface area contributed by atoms with Crippen LogP contribution >= 0.6 is 15.9 Å². The van der Waals surface area contributed by atoms with E-state index < -0.39 is 5.97 Å². The minimum absolute atomic E-state index is 0.169. The topological polar surface area (TPSA) is 55.8 Å². The number of carboxylic acid groups (broad SMARTS) is 1. The Bertz CT molecular complexity index is 429. The van der Waals surface area contributed by atoms with Gasteiger partial charge in [0.2, 0.25) is 0 Å². The second-order valence-corrected chi connectivity index (χ2v) is 5.08. The van der Waals surface area contributed by atoms with Gasteiger partial charge in [-0.2, -0.15) is 0 Å². The van der Waals surface area contributed by atoms with Crippen LogP contribution in [0.5, 0.6) is 11.5 Å². The van der Waals surface area contributed by atoms with Crippen LogP contribution < -0.4 is 9.47 Å². The van der Waals surface area contributed by atoms with Crippen LogP contribution in [0.4, 0.5) is 0 Å². The van der Waals surface area contributed by atoms with E-state index in [2.05, 4.69) is 15.9 Å². The zero-order chi connectivity index (χ0) is 13.7. The average Bonchev–Trinajstić information content (AvgIpc) is 2.27. The van der Waals surface area contributed by atoms with Gasteiger partial charge in [0, 0.05) is 0 Å². The zero-order valence-corrected chi connectivity index (χ0v) is 12.3. The first-order valence-corrected chi connectivity index (χ1v) is 6.57. The summed E-state index contributed by atoms with van der Waals surface area (Å²) in [4.78, 5) is 11.0. The second kappa shape index (κ2) is 6.64. The molecule has 0 fully saturated rings. The first kappa shape index (κ1) is 14.8. The molecule has 100 valence electrons. The Kier molecular flexibility index (Phi) is 5.47. The van der Waals surface area contributed by atoms with Crippen molar-refractivity contribution in [3.8, 4) is 11.5 Å². The van der Waals surface area contributed by atoms with Crippen LogP contribution in [0.3, 0.4) is 0 Å². The number of hydrogen-bond donors (Lipinski definition) is 1. The predicted octanol–water partition coefficient (Wildman–Crippen LogP) is 3.58. The molecule has 0 aliphatic rings. The van der Waals surface area contributed by atoms with Crippen LogP contribution in [0, 0.1) is 5.92 Å². The third-order valence-electron chi connectivity index (χ3n) is 2.12. The van der Waals surface area contributed by atoms with Crippen LogP contribution in [0.25, 0.3) is 0 Å². The molecule has 0 amide bonds. The molecule has 1 aromatic carbocycles. The van der Waals surface area contributed by atoms with Crippen molar-refractivity contribution in [3.63, 3.8) is 0 Å². The molecule has 1 N–H and O–H groups in total. The molecule has 0 heterocycles. The van der Waals surface area contributed by atoms with Crippen molar-refractivity contribution in [1.82, 2.24) is 0 Å². The van der Waals surface area contributed by atoms with Gasteiger partial charge in [-0.1, -0.05) is 13.8 Å². The normalized spacial score (nSPS) is 10.5. The maximum absolute atomic E-state index is 11.0. The van der Waals surface area contributed by atoms with Gasteiger partial charge in [-0.15, -0.1) is 0 Å². The highest BCUT2D eigenvalue weighted by Crippen LogP contribution is 2.37. The number of aromatic carboxylic acids is 1. The summed E-state index contributed by atoms with van der Waals surface area (Å²) in [7, 11) is 0. The van der Waals surface area contributed by atoms with E-state index in [0.717, 1.165) is 0 Å². The summed E-state index contributed by atoms with van der Waals surface area (Å²) in [6.45, 7) is 6.92. The molecule has 1 rings (SSSR count). The van der Waals surface area contributed by atoms with Crippen molar-refractivity contribution in [2.45, 2.75) is 20.8 Å². The van der Waals surface area contributed by atoms with E-state index in [9.17, 15) is 4.79 Å². The zero-order valence-electron chi connectivity index (χ0n) is 10.7. The fourth-order valence-electron chi connectivity index (χ4n) is 1.34. The first-order chi connectivity index (χ1) is 8.45.